The maximum absolute atomic E-state index is 11.2. The molecule has 0 saturated heterocycles. The molecule has 0 bridgehead atoms. The minimum atomic E-state index is -0.0612. The number of amides is 1. The van der Waals surface area contributed by atoms with Gasteiger partial charge in [0.2, 0.25) is 5.91 Å². The minimum absolute atomic E-state index is 0.0612. The predicted molar refractivity (Wildman–Crippen MR) is 60.1 cm³/mol. The van der Waals surface area contributed by atoms with E-state index in [1.54, 1.807) is 18.4 Å². The fourth-order valence-corrected chi connectivity index (χ4v) is 2.90. The van der Waals surface area contributed by atoms with E-state index in [1.807, 2.05) is 11.4 Å². The van der Waals surface area contributed by atoms with Gasteiger partial charge in [0.1, 0.15) is 4.01 Å². The van der Waals surface area contributed by atoms with Gasteiger partial charge in [-0.15, -0.1) is 11.3 Å². The summed E-state index contributed by atoms with van der Waals surface area (Å²) in [5.41, 5.74) is 0.958. The topological polar surface area (TPSA) is 54.0 Å². The number of nitrogens with one attached hydrogen (secondary N) is 2. The molecule has 0 spiro atoms. The molecule has 2 heterocycles. The Kier molecular flexibility index (Phi) is 2.76. The maximum atomic E-state index is 11.2. The molecule has 0 fully saturated rings. The van der Waals surface area contributed by atoms with E-state index in [-0.39, 0.29) is 5.91 Å². The van der Waals surface area contributed by atoms with E-state index in [2.05, 4.69) is 15.6 Å². The number of nitrogens with zero attached hydrogens (tertiary/aromatic N) is 1. The van der Waals surface area contributed by atoms with Crippen LogP contribution in [-0.2, 0) is 4.79 Å². The van der Waals surface area contributed by atoms with Crippen LogP contribution in [-0.4, -0.2) is 24.5 Å². The summed E-state index contributed by atoms with van der Waals surface area (Å²) in [4.78, 5) is 15.5. The predicted octanol–water partition coefficient (Wildman–Crippen LogP) is 1.52. The van der Waals surface area contributed by atoms with Crippen LogP contribution in [0.5, 0.6) is 0 Å². The summed E-state index contributed by atoms with van der Waals surface area (Å²) in [5.74, 6) is -0.0612. The Balaban J connectivity index is 2.11. The number of rotatable bonds is 3. The van der Waals surface area contributed by atoms with Crippen molar-refractivity contribution in [3.8, 4) is 0 Å². The Morgan fingerprint density at radius 1 is 1.64 bits per heavy atom. The van der Waals surface area contributed by atoms with E-state index in [0.29, 0.717) is 11.7 Å². The number of hydrogen-bond acceptors (Lipinski definition) is 5. The number of thiazole rings is 1. The number of thiophene rings is 1. The summed E-state index contributed by atoms with van der Waals surface area (Å²) in [7, 11) is 1.74. The van der Waals surface area contributed by atoms with Gasteiger partial charge in [0.25, 0.3) is 0 Å². The average molecular weight is 227 g/mol. The molecule has 0 aliphatic carbocycles. The molecule has 0 unspecified atom stereocenters. The quantitative estimate of drug-likeness (QED) is 0.835. The normalized spacial score (nSPS) is 10.6. The van der Waals surface area contributed by atoms with Crippen molar-refractivity contribution in [3.63, 3.8) is 0 Å². The summed E-state index contributed by atoms with van der Waals surface area (Å²) in [6, 6.07) is 1.95. The molecule has 2 rings (SSSR count). The Morgan fingerprint density at radius 2 is 2.50 bits per heavy atom. The molecule has 0 radical (unpaired) electrons. The molecule has 0 aliphatic heterocycles. The van der Waals surface area contributed by atoms with Gasteiger partial charge in [-0.25, -0.2) is 4.98 Å². The smallest absolute Gasteiger partial charge is 0.240 e. The zero-order valence-electron chi connectivity index (χ0n) is 7.53. The molecule has 0 aliphatic rings. The van der Waals surface area contributed by atoms with Gasteiger partial charge in [0.15, 0.2) is 5.13 Å². The lowest BCUT2D eigenvalue weighted by Gasteiger charge is -1.98. The third-order valence-corrected chi connectivity index (χ3v) is 3.62. The van der Waals surface area contributed by atoms with Gasteiger partial charge in [-0.05, 0) is 18.5 Å². The number of anilines is 1. The highest BCUT2D eigenvalue weighted by Crippen LogP contribution is 2.29. The van der Waals surface area contributed by atoms with Crippen LogP contribution >= 0.6 is 22.7 Å². The molecular weight excluding hydrogens is 218 g/mol. The number of fused-ring (bicyclic) bond motifs is 1. The summed E-state index contributed by atoms with van der Waals surface area (Å²) < 4.78 is 1.14. The average Bonchev–Trinajstić information content (AvgIpc) is 2.63. The maximum Gasteiger partial charge on any atom is 0.240 e. The Hall–Kier alpha value is -0.980. The largest absolute Gasteiger partial charge is 0.311 e. The van der Waals surface area contributed by atoms with Crippen LogP contribution in [0.1, 0.15) is 0 Å². The van der Waals surface area contributed by atoms with Crippen molar-refractivity contribution >= 4 is 43.2 Å². The van der Waals surface area contributed by atoms with Crippen molar-refractivity contribution in [1.82, 2.24) is 10.3 Å². The monoisotopic (exact) mass is 227 g/mol. The van der Waals surface area contributed by atoms with E-state index < -0.39 is 0 Å². The minimum Gasteiger partial charge on any atom is -0.311 e. The van der Waals surface area contributed by atoms with Gasteiger partial charge < -0.3 is 10.6 Å². The Bertz CT molecular complexity index is 420. The van der Waals surface area contributed by atoms with E-state index >= 15 is 0 Å². The number of hydrogen-bond donors (Lipinski definition) is 2. The zero-order valence-corrected chi connectivity index (χ0v) is 9.17. The number of carbonyl (C=O) groups excluding carboxylic acids is 1. The first-order chi connectivity index (χ1) is 6.79. The first-order valence-electron chi connectivity index (χ1n) is 4.08. The Morgan fingerprint density at radius 3 is 3.21 bits per heavy atom. The number of likely N-dealkylation sites (N-methyl/N-ethyl adjacent to an activating group) is 1. The molecule has 6 heteroatoms. The molecule has 2 N–H and O–H groups in total. The number of aromatic nitrogens is 1. The second-order valence-electron chi connectivity index (χ2n) is 2.69. The molecule has 4 nitrogen and oxygen atoms in total. The fraction of sp³-hybridized carbons (Fsp3) is 0.250. The van der Waals surface area contributed by atoms with Crippen LogP contribution in [0, 0.1) is 0 Å². The highest BCUT2D eigenvalue weighted by molar-refractivity contribution is 7.39. The lowest BCUT2D eigenvalue weighted by atomic mass is 10.6. The molecule has 2 aromatic heterocycles. The van der Waals surface area contributed by atoms with Crippen LogP contribution in [0.3, 0.4) is 0 Å². The van der Waals surface area contributed by atoms with Crippen molar-refractivity contribution in [2.75, 3.05) is 18.9 Å². The van der Waals surface area contributed by atoms with E-state index in [9.17, 15) is 4.79 Å². The van der Waals surface area contributed by atoms with Crippen LogP contribution < -0.4 is 10.6 Å². The first-order valence-corrected chi connectivity index (χ1v) is 5.77. The van der Waals surface area contributed by atoms with Crippen molar-refractivity contribution in [3.05, 3.63) is 11.4 Å². The molecule has 0 aromatic carbocycles. The lowest BCUT2D eigenvalue weighted by Crippen LogP contribution is -2.24. The van der Waals surface area contributed by atoms with Crippen molar-refractivity contribution in [2.24, 2.45) is 0 Å². The fourth-order valence-electron chi connectivity index (χ4n) is 1.05. The molecular formula is C8H9N3OS2. The first kappa shape index (κ1) is 9.57. The Labute approximate surface area is 89.0 Å². The molecule has 1 amide bonds. The van der Waals surface area contributed by atoms with Gasteiger partial charge in [-0.2, -0.15) is 0 Å². The van der Waals surface area contributed by atoms with E-state index in [4.69, 9.17) is 0 Å². The third kappa shape index (κ3) is 1.92. The second-order valence-corrected chi connectivity index (χ2v) is 4.86. The summed E-state index contributed by atoms with van der Waals surface area (Å²) in [5, 5.41) is 8.18. The molecule has 74 valence electrons. The van der Waals surface area contributed by atoms with Gasteiger partial charge >= 0.3 is 0 Å². The summed E-state index contributed by atoms with van der Waals surface area (Å²) in [6.07, 6.45) is 0. The summed E-state index contributed by atoms with van der Waals surface area (Å²) >= 11 is 3.14. The van der Waals surface area contributed by atoms with Crippen molar-refractivity contribution < 1.29 is 4.79 Å². The van der Waals surface area contributed by atoms with Gasteiger partial charge in [0.05, 0.1) is 12.1 Å². The molecule has 14 heavy (non-hydrogen) atoms. The summed E-state index contributed by atoms with van der Waals surface area (Å²) in [6.45, 7) is 0.313. The third-order valence-electron chi connectivity index (χ3n) is 1.61. The SMILES string of the molecule is CNCC(=O)Nc1nc2ccsc2s1. The number of carbonyl (C=O) groups is 1. The highest BCUT2D eigenvalue weighted by atomic mass is 32.2. The highest BCUT2D eigenvalue weighted by Gasteiger charge is 2.07. The van der Waals surface area contributed by atoms with E-state index in [0.717, 1.165) is 9.53 Å². The second kappa shape index (κ2) is 4.04. The van der Waals surface area contributed by atoms with Crippen molar-refractivity contribution in [2.45, 2.75) is 0 Å². The standard InChI is InChI=1S/C8H9N3OS2/c1-9-4-6(12)11-8-10-5-2-3-13-7(5)14-8/h2-3,9H,4H2,1H3,(H,10,11,12). The van der Waals surface area contributed by atoms with Crippen LogP contribution in [0.2, 0.25) is 0 Å². The molecule has 0 atom stereocenters. The van der Waals surface area contributed by atoms with Gasteiger partial charge in [-0.1, -0.05) is 11.3 Å². The molecule has 2 aromatic rings. The molecule has 0 saturated carbocycles. The van der Waals surface area contributed by atoms with Crippen LogP contribution in [0.4, 0.5) is 5.13 Å². The van der Waals surface area contributed by atoms with Crippen LogP contribution in [0.25, 0.3) is 9.53 Å². The van der Waals surface area contributed by atoms with Crippen molar-refractivity contribution in [1.29, 1.82) is 0 Å². The van der Waals surface area contributed by atoms with Gasteiger partial charge in [-0.3, -0.25) is 4.79 Å². The van der Waals surface area contributed by atoms with Gasteiger partial charge in [0, 0.05) is 0 Å². The lowest BCUT2D eigenvalue weighted by molar-refractivity contribution is -0.115. The van der Waals surface area contributed by atoms with E-state index in [1.165, 1.54) is 11.3 Å². The zero-order chi connectivity index (χ0) is 9.97. The van der Waals surface area contributed by atoms with Crippen LogP contribution in [0.15, 0.2) is 11.4 Å².